The minimum atomic E-state index is -0.553. The summed E-state index contributed by atoms with van der Waals surface area (Å²) >= 11 is 0. The fourth-order valence-corrected chi connectivity index (χ4v) is 1.41. The van der Waals surface area contributed by atoms with Crippen molar-refractivity contribution in [3.63, 3.8) is 0 Å². The summed E-state index contributed by atoms with van der Waals surface area (Å²) in [6, 6.07) is 5.98. The van der Waals surface area contributed by atoms with Gasteiger partial charge in [0.1, 0.15) is 11.6 Å². The Hall–Kier alpha value is -2.17. The molecule has 0 radical (unpaired) electrons. The van der Waals surface area contributed by atoms with E-state index >= 15 is 0 Å². The van der Waals surface area contributed by atoms with E-state index in [1.807, 2.05) is 0 Å². The first-order valence-electron chi connectivity index (χ1n) is 5.07. The zero-order chi connectivity index (χ0) is 12.4. The van der Waals surface area contributed by atoms with E-state index < -0.39 is 11.7 Å². The highest BCUT2D eigenvalue weighted by atomic mass is 19.1. The predicted octanol–water partition coefficient (Wildman–Crippen LogP) is 2.68. The van der Waals surface area contributed by atoms with Crippen LogP contribution in [0.5, 0.6) is 0 Å². The van der Waals surface area contributed by atoms with Crippen molar-refractivity contribution in [1.82, 2.24) is 5.16 Å². The fourth-order valence-electron chi connectivity index (χ4n) is 1.41. The summed E-state index contributed by atoms with van der Waals surface area (Å²) in [7, 11) is 0. The number of aromatic nitrogens is 1. The molecule has 1 heterocycles. The van der Waals surface area contributed by atoms with Gasteiger partial charge in [0, 0.05) is 6.07 Å². The lowest BCUT2D eigenvalue weighted by Gasteiger charge is -2.03. The minimum absolute atomic E-state index is 0.0174. The van der Waals surface area contributed by atoms with Crippen LogP contribution in [0.15, 0.2) is 28.8 Å². The normalized spacial score (nSPS) is 10.3. The molecular formula is C12H11FN2O2. The molecule has 0 unspecified atom stereocenters. The SMILES string of the molecule is Cc1ccc(C(=O)Nc2cc(C)on2)c(F)c1. The van der Waals surface area contributed by atoms with E-state index in [0.29, 0.717) is 5.76 Å². The van der Waals surface area contributed by atoms with Crippen molar-refractivity contribution < 1.29 is 13.7 Å². The van der Waals surface area contributed by atoms with Crippen LogP contribution < -0.4 is 5.32 Å². The molecule has 0 aliphatic heterocycles. The summed E-state index contributed by atoms with van der Waals surface area (Å²) < 4.78 is 18.3. The summed E-state index contributed by atoms with van der Waals surface area (Å²) in [5, 5.41) is 6.05. The second kappa shape index (κ2) is 4.37. The first kappa shape index (κ1) is 11.3. The Morgan fingerprint density at radius 2 is 2.12 bits per heavy atom. The molecule has 0 aliphatic carbocycles. The molecule has 17 heavy (non-hydrogen) atoms. The summed E-state index contributed by atoms with van der Waals surface area (Å²) in [4.78, 5) is 11.7. The van der Waals surface area contributed by atoms with Crippen LogP contribution in [0.3, 0.4) is 0 Å². The Balaban J connectivity index is 2.20. The predicted molar refractivity (Wildman–Crippen MR) is 60.3 cm³/mol. The molecule has 0 atom stereocenters. The largest absolute Gasteiger partial charge is 0.360 e. The maximum atomic E-state index is 13.5. The van der Waals surface area contributed by atoms with E-state index in [1.54, 1.807) is 26.0 Å². The van der Waals surface area contributed by atoms with Crippen LogP contribution in [0.1, 0.15) is 21.7 Å². The number of benzene rings is 1. The van der Waals surface area contributed by atoms with E-state index in [9.17, 15) is 9.18 Å². The third-order valence-electron chi connectivity index (χ3n) is 2.24. The van der Waals surface area contributed by atoms with E-state index in [4.69, 9.17) is 4.52 Å². The minimum Gasteiger partial charge on any atom is -0.360 e. The maximum Gasteiger partial charge on any atom is 0.259 e. The van der Waals surface area contributed by atoms with Crippen LogP contribution in [-0.4, -0.2) is 11.1 Å². The van der Waals surface area contributed by atoms with Crippen LogP contribution in [0.4, 0.5) is 10.2 Å². The molecule has 2 rings (SSSR count). The summed E-state index contributed by atoms with van der Waals surface area (Å²) in [5.74, 6) is -0.254. The van der Waals surface area contributed by atoms with Crippen LogP contribution in [0, 0.1) is 19.7 Å². The van der Waals surface area contributed by atoms with Gasteiger partial charge in [-0.15, -0.1) is 0 Å². The summed E-state index contributed by atoms with van der Waals surface area (Å²) in [6.45, 7) is 3.46. The third kappa shape index (κ3) is 2.50. The number of anilines is 1. The van der Waals surface area contributed by atoms with Gasteiger partial charge in [-0.1, -0.05) is 11.2 Å². The second-order valence-electron chi connectivity index (χ2n) is 3.76. The van der Waals surface area contributed by atoms with Gasteiger partial charge >= 0.3 is 0 Å². The van der Waals surface area contributed by atoms with Gasteiger partial charge in [-0.3, -0.25) is 4.79 Å². The molecule has 0 bridgehead atoms. The number of aryl methyl sites for hydroxylation is 2. The molecule has 4 nitrogen and oxygen atoms in total. The lowest BCUT2D eigenvalue weighted by atomic mass is 10.1. The first-order chi connectivity index (χ1) is 8.06. The smallest absolute Gasteiger partial charge is 0.259 e. The molecular weight excluding hydrogens is 223 g/mol. The van der Waals surface area contributed by atoms with Gasteiger partial charge in [0.2, 0.25) is 0 Å². The van der Waals surface area contributed by atoms with Crippen LogP contribution in [0.25, 0.3) is 0 Å². The molecule has 2 aromatic rings. The Kier molecular flexibility index (Phi) is 2.91. The van der Waals surface area contributed by atoms with Crippen molar-refractivity contribution >= 4 is 11.7 Å². The average molecular weight is 234 g/mol. The van der Waals surface area contributed by atoms with Gasteiger partial charge < -0.3 is 9.84 Å². The number of carbonyl (C=O) groups is 1. The molecule has 0 aliphatic rings. The Morgan fingerprint density at radius 1 is 1.35 bits per heavy atom. The highest BCUT2D eigenvalue weighted by molar-refractivity contribution is 6.03. The Bertz CT molecular complexity index is 563. The van der Waals surface area contributed by atoms with Gasteiger partial charge in [0.05, 0.1) is 5.56 Å². The highest BCUT2D eigenvalue weighted by Crippen LogP contribution is 2.13. The molecule has 0 saturated heterocycles. The van der Waals surface area contributed by atoms with Gasteiger partial charge in [0.15, 0.2) is 5.82 Å². The van der Waals surface area contributed by atoms with Crippen LogP contribution in [-0.2, 0) is 0 Å². The quantitative estimate of drug-likeness (QED) is 0.869. The van der Waals surface area contributed by atoms with Gasteiger partial charge in [-0.05, 0) is 31.5 Å². The molecule has 0 fully saturated rings. The number of hydrogen-bond donors (Lipinski definition) is 1. The fraction of sp³-hybridized carbons (Fsp3) is 0.167. The number of carbonyl (C=O) groups excluding carboxylic acids is 1. The monoisotopic (exact) mass is 234 g/mol. The second-order valence-corrected chi connectivity index (χ2v) is 3.76. The summed E-state index contributed by atoms with van der Waals surface area (Å²) in [6.07, 6.45) is 0. The third-order valence-corrected chi connectivity index (χ3v) is 2.24. The van der Waals surface area contributed by atoms with E-state index in [1.165, 1.54) is 12.1 Å². The molecule has 0 spiro atoms. The molecule has 1 aromatic heterocycles. The lowest BCUT2D eigenvalue weighted by Crippen LogP contribution is -2.14. The van der Waals surface area contributed by atoms with E-state index in [-0.39, 0.29) is 11.4 Å². The zero-order valence-electron chi connectivity index (χ0n) is 9.45. The maximum absolute atomic E-state index is 13.5. The van der Waals surface area contributed by atoms with Crippen molar-refractivity contribution in [2.75, 3.05) is 5.32 Å². The molecule has 5 heteroatoms. The Labute approximate surface area is 97.4 Å². The van der Waals surface area contributed by atoms with Crippen molar-refractivity contribution in [3.05, 3.63) is 47.0 Å². The molecule has 0 saturated carbocycles. The lowest BCUT2D eigenvalue weighted by molar-refractivity contribution is 0.102. The number of nitrogens with zero attached hydrogens (tertiary/aromatic N) is 1. The van der Waals surface area contributed by atoms with Crippen molar-refractivity contribution in [1.29, 1.82) is 0 Å². The number of nitrogens with one attached hydrogen (secondary N) is 1. The van der Waals surface area contributed by atoms with Crippen LogP contribution >= 0.6 is 0 Å². The standard InChI is InChI=1S/C12H11FN2O2/c1-7-3-4-9(10(13)5-7)12(16)14-11-6-8(2)17-15-11/h3-6H,1-2H3,(H,14,15,16). The number of halogens is 1. The average Bonchev–Trinajstić information content (AvgIpc) is 2.63. The topological polar surface area (TPSA) is 55.1 Å². The number of amides is 1. The highest BCUT2D eigenvalue weighted by Gasteiger charge is 2.13. The molecule has 1 aromatic carbocycles. The van der Waals surface area contributed by atoms with E-state index in [2.05, 4.69) is 10.5 Å². The molecule has 88 valence electrons. The zero-order valence-corrected chi connectivity index (χ0v) is 9.45. The van der Waals surface area contributed by atoms with Gasteiger partial charge in [-0.2, -0.15) is 0 Å². The van der Waals surface area contributed by atoms with Crippen molar-refractivity contribution in [2.45, 2.75) is 13.8 Å². The molecule has 1 amide bonds. The number of hydrogen-bond acceptors (Lipinski definition) is 3. The number of rotatable bonds is 2. The first-order valence-corrected chi connectivity index (χ1v) is 5.07. The van der Waals surface area contributed by atoms with Crippen molar-refractivity contribution in [2.24, 2.45) is 0 Å². The van der Waals surface area contributed by atoms with Crippen molar-refractivity contribution in [3.8, 4) is 0 Å². The Morgan fingerprint density at radius 3 is 2.71 bits per heavy atom. The molecule has 1 N–H and O–H groups in total. The summed E-state index contributed by atoms with van der Waals surface area (Å²) in [5.41, 5.74) is 0.743. The van der Waals surface area contributed by atoms with Crippen LogP contribution in [0.2, 0.25) is 0 Å². The van der Waals surface area contributed by atoms with E-state index in [0.717, 1.165) is 5.56 Å². The van der Waals surface area contributed by atoms with Gasteiger partial charge in [-0.25, -0.2) is 4.39 Å². The van der Waals surface area contributed by atoms with Gasteiger partial charge in [0.25, 0.3) is 5.91 Å².